The summed E-state index contributed by atoms with van der Waals surface area (Å²) in [7, 11) is 0. The second-order valence-corrected chi connectivity index (χ2v) is 7.75. The summed E-state index contributed by atoms with van der Waals surface area (Å²) >= 11 is 0. The van der Waals surface area contributed by atoms with Gasteiger partial charge in [0.1, 0.15) is 0 Å². The van der Waals surface area contributed by atoms with Crippen molar-refractivity contribution in [2.75, 3.05) is 32.8 Å². The maximum Gasteiger partial charge on any atom is 0.416 e. The molecule has 1 atom stereocenters. The van der Waals surface area contributed by atoms with Crippen LogP contribution in [0.5, 0.6) is 0 Å². The summed E-state index contributed by atoms with van der Waals surface area (Å²) in [5.41, 5.74) is -0.279. The van der Waals surface area contributed by atoms with Crippen molar-refractivity contribution in [3.63, 3.8) is 0 Å². The zero-order chi connectivity index (χ0) is 18.9. The van der Waals surface area contributed by atoms with Gasteiger partial charge >= 0.3 is 6.18 Å². The molecule has 1 amide bonds. The van der Waals surface area contributed by atoms with Crippen LogP contribution in [0.15, 0.2) is 24.3 Å². The summed E-state index contributed by atoms with van der Waals surface area (Å²) in [6, 6.07) is 5.60. The summed E-state index contributed by atoms with van der Waals surface area (Å²) in [5.74, 6) is 0.129. The van der Waals surface area contributed by atoms with Crippen molar-refractivity contribution in [1.29, 1.82) is 0 Å². The van der Waals surface area contributed by atoms with Crippen molar-refractivity contribution in [3.05, 3.63) is 35.4 Å². The molecule has 0 radical (unpaired) electrons. The predicted octanol–water partition coefficient (Wildman–Crippen LogP) is 3.16. The number of nitrogens with zero attached hydrogens (tertiary/aromatic N) is 2. The number of carbonyl (C=O) groups excluding carboxylic acids is 1. The van der Waals surface area contributed by atoms with E-state index in [4.69, 9.17) is 4.74 Å². The Labute approximate surface area is 151 Å². The topological polar surface area (TPSA) is 32.8 Å². The number of likely N-dealkylation sites (tertiary alicyclic amines) is 1. The first-order valence-electron chi connectivity index (χ1n) is 8.94. The average molecular weight is 370 g/mol. The highest BCUT2D eigenvalue weighted by Gasteiger charge is 2.46. The molecule has 26 heavy (non-hydrogen) atoms. The second kappa shape index (κ2) is 7.19. The van der Waals surface area contributed by atoms with E-state index in [-0.39, 0.29) is 17.4 Å². The lowest BCUT2D eigenvalue weighted by molar-refractivity contribution is -0.137. The van der Waals surface area contributed by atoms with Crippen molar-refractivity contribution < 1.29 is 22.7 Å². The molecule has 0 aromatic heterocycles. The Bertz CT molecular complexity index is 662. The standard InChI is InChI=1S/C19H25F3N2O2/c1-14(2)24-12-18(9-17(24)25)11-23(6-7-26-13-18)10-15-4-3-5-16(8-15)19(20,21)22/h3-5,8,14H,6-7,9-13H2,1-2H3/t18-/m1/s1. The maximum atomic E-state index is 12.9. The Kier molecular flexibility index (Phi) is 5.30. The van der Waals surface area contributed by atoms with E-state index in [1.807, 2.05) is 18.7 Å². The van der Waals surface area contributed by atoms with Gasteiger partial charge in [0.05, 0.1) is 18.8 Å². The molecule has 2 fully saturated rings. The van der Waals surface area contributed by atoms with Crippen LogP contribution in [0, 0.1) is 5.41 Å². The molecular weight excluding hydrogens is 345 g/mol. The SMILES string of the molecule is CC(C)N1C[C@@]2(COCCN(Cc3cccc(C(F)(F)F)c3)C2)CC1=O. The molecule has 2 aliphatic heterocycles. The third-order valence-electron chi connectivity index (χ3n) is 5.16. The van der Waals surface area contributed by atoms with Crippen LogP contribution in [-0.2, 0) is 22.3 Å². The Morgan fingerprint density at radius 1 is 1.27 bits per heavy atom. The van der Waals surface area contributed by atoms with Gasteiger partial charge in [-0.05, 0) is 25.5 Å². The van der Waals surface area contributed by atoms with Crippen molar-refractivity contribution in [3.8, 4) is 0 Å². The minimum absolute atomic E-state index is 0.129. The molecule has 4 nitrogen and oxygen atoms in total. The molecule has 1 aromatic rings. The number of alkyl halides is 3. The highest BCUT2D eigenvalue weighted by atomic mass is 19.4. The van der Waals surface area contributed by atoms with E-state index in [0.29, 0.717) is 51.4 Å². The zero-order valence-electron chi connectivity index (χ0n) is 15.2. The van der Waals surface area contributed by atoms with Crippen LogP contribution >= 0.6 is 0 Å². The lowest BCUT2D eigenvalue weighted by Gasteiger charge is -2.32. The quantitative estimate of drug-likeness (QED) is 0.819. The van der Waals surface area contributed by atoms with Crippen molar-refractivity contribution in [2.45, 2.75) is 39.0 Å². The predicted molar refractivity (Wildman–Crippen MR) is 91.4 cm³/mol. The third-order valence-corrected chi connectivity index (χ3v) is 5.16. The summed E-state index contributed by atoms with van der Waals surface area (Å²) in [4.78, 5) is 16.3. The normalized spacial score (nSPS) is 25.3. The van der Waals surface area contributed by atoms with E-state index in [1.165, 1.54) is 12.1 Å². The van der Waals surface area contributed by atoms with E-state index in [1.54, 1.807) is 6.07 Å². The third kappa shape index (κ3) is 4.20. The largest absolute Gasteiger partial charge is 0.416 e. The molecule has 1 spiro atoms. The molecule has 0 unspecified atom stereocenters. The molecule has 0 saturated carbocycles. The Morgan fingerprint density at radius 2 is 2.04 bits per heavy atom. The number of hydrogen-bond donors (Lipinski definition) is 0. The van der Waals surface area contributed by atoms with E-state index in [2.05, 4.69) is 4.90 Å². The first kappa shape index (κ1) is 19.2. The molecule has 144 valence electrons. The fraction of sp³-hybridized carbons (Fsp3) is 0.632. The molecule has 1 aromatic carbocycles. The number of ether oxygens (including phenoxy) is 1. The van der Waals surface area contributed by atoms with Gasteiger partial charge in [0, 0.05) is 44.1 Å². The summed E-state index contributed by atoms with van der Waals surface area (Å²) in [6.07, 6.45) is -3.90. The van der Waals surface area contributed by atoms with Crippen LogP contribution in [-0.4, -0.2) is 54.6 Å². The van der Waals surface area contributed by atoms with Crippen molar-refractivity contribution in [1.82, 2.24) is 9.80 Å². The minimum Gasteiger partial charge on any atom is -0.379 e. The Balaban J connectivity index is 1.74. The summed E-state index contributed by atoms with van der Waals surface area (Å²) in [6.45, 7) is 7.39. The van der Waals surface area contributed by atoms with Gasteiger partial charge in [-0.25, -0.2) is 0 Å². The fourth-order valence-electron chi connectivity index (χ4n) is 3.92. The molecule has 7 heteroatoms. The molecule has 2 saturated heterocycles. The monoisotopic (exact) mass is 370 g/mol. The molecule has 3 rings (SSSR count). The molecule has 2 heterocycles. The van der Waals surface area contributed by atoms with Crippen LogP contribution in [0.25, 0.3) is 0 Å². The van der Waals surface area contributed by atoms with Gasteiger partial charge in [-0.1, -0.05) is 18.2 Å². The van der Waals surface area contributed by atoms with Gasteiger partial charge in [-0.2, -0.15) is 13.2 Å². The number of rotatable bonds is 3. The minimum atomic E-state index is -4.34. The van der Waals surface area contributed by atoms with E-state index in [0.717, 1.165) is 6.07 Å². The second-order valence-electron chi connectivity index (χ2n) is 7.75. The van der Waals surface area contributed by atoms with Gasteiger partial charge in [0.15, 0.2) is 0 Å². The summed E-state index contributed by atoms with van der Waals surface area (Å²) in [5, 5.41) is 0. The lowest BCUT2D eigenvalue weighted by Crippen LogP contribution is -2.41. The number of carbonyl (C=O) groups is 1. The smallest absolute Gasteiger partial charge is 0.379 e. The van der Waals surface area contributed by atoms with Crippen LogP contribution in [0.2, 0.25) is 0 Å². The average Bonchev–Trinajstić information content (AvgIpc) is 2.75. The first-order valence-corrected chi connectivity index (χ1v) is 8.94. The van der Waals surface area contributed by atoms with Crippen LogP contribution < -0.4 is 0 Å². The van der Waals surface area contributed by atoms with Gasteiger partial charge < -0.3 is 9.64 Å². The molecule has 0 N–H and O–H groups in total. The molecule has 0 aliphatic carbocycles. The molecule has 0 bridgehead atoms. The fourth-order valence-corrected chi connectivity index (χ4v) is 3.92. The number of benzene rings is 1. The number of halogens is 3. The molecule has 2 aliphatic rings. The van der Waals surface area contributed by atoms with Gasteiger partial charge in [-0.3, -0.25) is 9.69 Å². The number of amides is 1. The lowest BCUT2D eigenvalue weighted by atomic mass is 9.87. The van der Waals surface area contributed by atoms with Gasteiger partial charge in [-0.15, -0.1) is 0 Å². The van der Waals surface area contributed by atoms with Crippen LogP contribution in [0.1, 0.15) is 31.4 Å². The van der Waals surface area contributed by atoms with Crippen LogP contribution in [0.3, 0.4) is 0 Å². The van der Waals surface area contributed by atoms with Crippen LogP contribution in [0.4, 0.5) is 13.2 Å². The van der Waals surface area contributed by atoms with E-state index in [9.17, 15) is 18.0 Å². The van der Waals surface area contributed by atoms with Crippen molar-refractivity contribution >= 4 is 5.91 Å². The Hall–Kier alpha value is -1.60. The van der Waals surface area contributed by atoms with Gasteiger partial charge in [0.2, 0.25) is 5.91 Å². The summed E-state index contributed by atoms with van der Waals surface area (Å²) < 4.78 is 44.6. The first-order chi connectivity index (χ1) is 12.2. The zero-order valence-corrected chi connectivity index (χ0v) is 15.2. The van der Waals surface area contributed by atoms with Gasteiger partial charge in [0.25, 0.3) is 0 Å². The van der Waals surface area contributed by atoms with Crippen molar-refractivity contribution in [2.24, 2.45) is 5.41 Å². The highest BCUT2D eigenvalue weighted by Crippen LogP contribution is 2.36. The maximum absolute atomic E-state index is 12.9. The van der Waals surface area contributed by atoms with E-state index < -0.39 is 11.7 Å². The Morgan fingerprint density at radius 3 is 2.69 bits per heavy atom. The molecular formula is C19H25F3N2O2. The number of hydrogen-bond acceptors (Lipinski definition) is 3. The highest BCUT2D eigenvalue weighted by molar-refractivity contribution is 5.79. The van der Waals surface area contributed by atoms with E-state index >= 15 is 0 Å².